The summed E-state index contributed by atoms with van der Waals surface area (Å²) >= 11 is 0. The molecule has 1 N–H and O–H groups in total. The summed E-state index contributed by atoms with van der Waals surface area (Å²) in [5.74, 6) is 0.186. The van der Waals surface area contributed by atoms with E-state index in [0.717, 1.165) is 19.3 Å². The second-order valence-corrected chi connectivity index (χ2v) is 3.95. The van der Waals surface area contributed by atoms with Gasteiger partial charge in [0, 0.05) is 12.5 Å². The van der Waals surface area contributed by atoms with E-state index in [1.54, 1.807) is 7.05 Å². The van der Waals surface area contributed by atoms with E-state index in [-0.39, 0.29) is 11.3 Å². The van der Waals surface area contributed by atoms with Gasteiger partial charge in [-0.15, -0.1) is 0 Å². The lowest BCUT2D eigenvalue weighted by atomic mass is 9.81. The van der Waals surface area contributed by atoms with Crippen LogP contribution in [0.25, 0.3) is 0 Å². The average Bonchev–Trinajstić information content (AvgIpc) is 2.16. The van der Waals surface area contributed by atoms with Gasteiger partial charge in [0.1, 0.15) is 0 Å². The van der Waals surface area contributed by atoms with Crippen molar-refractivity contribution in [3.8, 4) is 0 Å². The minimum Gasteiger partial charge on any atom is -0.359 e. The zero-order chi connectivity index (χ0) is 10.3. The van der Waals surface area contributed by atoms with E-state index >= 15 is 0 Å². The smallest absolute Gasteiger partial charge is 0.225 e. The van der Waals surface area contributed by atoms with Crippen molar-refractivity contribution in [1.29, 1.82) is 0 Å². The Bertz CT molecular complexity index is 156. The molecule has 0 aromatic carbocycles. The molecular formula is C11H23NO. The summed E-state index contributed by atoms with van der Waals surface area (Å²) in [6.45, 7) is 6.33. The highest BCUT2D eigenvalue weighted by Crippen LogP contribution is 2.28. The molecule has 0 spiro atoms. The minimum absolute atomic E-state index is 0.149. The Morgan fingerprint density at radius 2 is 1.92 bits per heavy atom. The zero-order valence-electron chi connectivity index (χ0n) is 9.44. The van der Waals surface area contributed by atoms with Crippen LogP contribution >= 0.6 is 0 Å². The van der Waals surface area contributed by atoms with Crippen molar-refractivity contribution in [2.75, 3.05) is 7.05 Å². The largest absolute Gasteiger partial charge is 0.359 e. The first-order valence-electron chi connectivity index (χ1n) is 5.33. The molecule has 0 heterocycles. The molecule has 0 saturated heterocycles. The fourth-order valence-electron chi connectivity index (χ4n) is 1.52. The first kappa shape index (κ1) is 12.5. The summed E-state index contributed by atoms with van der Waals surface area (Å²) in [5.41, 5.74) is -0.149. The van der Waals surface area contributed by atoms with E-state index in [1.807, 2.05) is 0 Å². The molecule has 0 saturated carbocycles. The van der Waals surface area contributed by atoms with Crippen molar-refractivity contribution < 1.29 is 4.79 Å². The molecule has 13 heavy (non-hydrogen) atoms. The van der Waals surface area contributed by atoms with Gasteiger partial charge in [0.05, 0.1) is 0 Å². The predicted octanol–water partition coefficient (Wildman–Crippen LogP) is 2.73. The van der Waals surface area contributed by atoms with Crippen molar-refractivity contribution in [1.82, 2.24) is 5.32 Å². The molecule has 1 unspecified atom stereocenters. The van der Waals surface area contributed by atoms with Crippen LogP contribution in [-0.2, 0) is 4.79 Å². The maximum atomic E-state index is 11.5. The number of hydrogen-bond acceptors (Lipinski definition) is 1. The fourth-order valence-corrected chi connectivity index (χ4v) is 1.52. The van der Waals surface area contributed by atoms with Crippen LogP contribution in [0.1, 0.15) is 52.9 Å². The molecule has 2 heteroatoms. The molecule has 0 rings (SSSR count). The van der Waals surface area contributed by atoms with Gasteiger partial charge in [-0.25, -0.2) is 0 Å². The van der Waals surface area contributed by atoms with Gasteiger partial charge >= 0.3 is 0 Å². The van der Waals surface area contributed by atoms with Gasteiger partial charge in [0.25, 0.3) is 0 Å². The van der Waals surface area contributed by atoms with Crippen LogP contribution < -0.4 is 5.32 Å². The average molecular weight is 185 g/mol. The molecule has 0 aliphatic carbocycles. The summed E-state index contributed by atoms with van der Waals surface area (Å²) in [6.07, 6.45) is 5.54. The maximum Gasteiger partial charge on any atom is 0.225 e. The second kappa shape index (κ2) is 6.01. The van der Waals surface area contributed by atoms with E-state index in [9.17, 15) is 4.79 Å². The van der Waals surface area contributed by atoms with Gasteiger partial charge < -0.3 is 5.32 Å². The number of unbranched alkanes of at least 4 members (excludes halogenated alkanes) is 2. The number of carbonyl (C=O) groups is 1. The molecule has 1 amide bonds. The number of carbonyl (C=O) groups excluding carboxylic acids is 1. The van der Waals surface area contributed by atoms with Gasteiger partial charge in [-0.05, 0) is 12.8 Å². The molecule has 0 aliphatic rings. The van der Waals surface area contributed by atoms with E-state index in [4.69, 9.17) is 0 Å². The van der Waals surface area contributed by atoms with Crippen LogP contribution in [-0.4, -0.2) is 13.0 Å². The maximum absolute atomic E-state index is 11.5. The summed E-state index contributed by atoms with van der Waals surface area (Å²) in [6, 6.07) is 0. The Morgan fingerprint density at radius 3 is 2.31 bits per heavy atom. The summed E-state index contributed by atoms with van der Waals surface area (Å²) in [5, 5.41) is 2.74. The van der Waals surface area contributed by atoms with E-state index in [2.05, 4.69) is 26.1 Å². The van der Waals surface area contributed by atoms with Gasteiger partial charge in [-0.3, -0.25) is 4.79 Å². The molecular weight excluding hydrogens is 162 g/mol. The third kappa shape index (κ3) is 3.79. The Labute approximate surface area is 82.1 Å². The number of amides is 1. The molecule has 0 aromatic rings. The molecule has 78 valence electrons. The topological polar surface area (TPSA) is 29.1 Å². The second-order valence-electron chi connectivity index (χ2n) is 3.95. The van der Waals surface area contributed by atoms with Gasteiger partial charge in [0.15, 0.2) is 0 Å². The van der Waals surface area contributed by atoms with Crippen LogP contribution in [0.2, 0.25) is 0 Å². The van der Waals surface area contributed by atoms with Gasteiger partial charge in [-0.1, -0.05) is 40.0 Å². The van der Waals surface area contributed by atoms with Crippen LogP contribution in [0, 0.1) is 5.41 Å². The molecule has 2 nitrogen and oxygen atoms in total. The Balaban J connectivity index is 4.03. The Morgan fingerprint density at radius 1 is 1.31 bits per heavy atom. The molecule has 0 aromatic heterocycles. The third-order valence-electron chi connectivity index (χ3n) is 2.89. The normalized spacial score (nSPS) is 15.1. The van der Waals surface area contributed by atoms with Gasteiger partial charge in [0.2, 0.25) is 5.91 Å². The lowest BCUT2D eigenvalue weighted by Gasteiger charge is -2.25. The highest BCUT2D eigenvalue weighted by atomic mass is 16.2. The molecule has 0 radical (unpaired) electrons. The van der Waals surface area contributed by atoms with Crippen molar-refractivity contribution in [2.24, 2.45) is 5.41 Å². The Kier molecular flexibility index (Phi) is 5.76. The van der Waals surface area contributed by atoms with Crippen molar-refractivity contribution in [3.05, 3.63) is 0 Å². The van der Waals surface area contributed by atoms with E-state index in [1.165, 1.54) is 12.8 Å². The molecule has 0 bridgehead atoms. The summed E-state index contributed by atoms with van der Waals surface area (Å²) in [7, 11) is 1.72. The predicted molar refractivity (Wildman–Crippen MR) is 56.6 cm³/mol. The van der Waals surface area contributed by atoms with E-state index in [0.29, 0.717) is 0 Å². The molecule has 0 fully saturated rings. The first-order chi connectivity index (χ1) is 6.10. The number of nitrogens with one attached hydrogen (secondary N) is 1. The monoisotopic (exact) mass is 185 g/mol. The number of rotatable bonds is 6. The zero-order valence-corrected chi connectivity index (χ0v) is 9.44. The van der Waals surface area contributed by atoms with Crippen molar-refractivity contribution in [2.45, 2.75) is 52.9 Å². The summed E-state index contributed by atoms with van der Waals surface area (Å²) < 4.78 is 0. The standard InChI is InChI=1S/C11H23NO/c1-5-7-8-9-11(3,6-2)10(13)12-4/h5-9H2,1-4H3,(H,12,13). The summed E-state index contributed by atoms with van der Waals surface area (Å²) in [4.78, 5) is 11.5. The minimum atomic E-state index is -0.149. The Hall–Kier alpha value is -0.530. The number of hydrogen-bond donors (Lipinski definition) is 1. The SMILES string of the molecule is CCCCCC(C)(CC)C(=O)NC. The lowest BCUT2D eigenvalue weighted by Crippen LogP contribution is -2.36. The quantitative estimate of drug-likeness (QED) is 0.633. The molecule has 0 aliphatic heterocycles. The van der Waals surface area contributed by atoms with Crippen LogP contribution in [0.5, 0.6) is 0 Å². The lowest BCUT2D eigenvalue weighted by molar-refractivity contribution is -0.130. The van der Waals surface area contributed by atoms with Crippen molar-refractivity contribution >= 4 is 5.91 Å². The van der Waals surface area contributed by atoms with Crippen LogP contribution in [0.3, 0.4) is 0 Å². The first-order valence-corrected chi connectivity index (χ1v) is 5.33. The third-order valence-corrected chi connectivity index (χ3v) is 2.89. The highest BCUT2D eigenvalue weighted by Gasteiger charge is 2.29. The molecule has 1 atom stereocenters. The highest BCUT2D eigenvalue weighted by molar-refractivity contribution is 5.81. The van der Waals surface area contributed by atoms with Crippen molar-refractivity contribution in [3.63, 3.8) is 0 Å². The van der Waals surface area contributed by atoms with E-state index < -0.39 is 0 Å². The fraction of sp³-hybridized carbons (Fsp3) is 0.909. The van der Waals surface area contributed by atoms with Crippen LogP contribution in [0.4, 0.5) is 0 Å². The van der Waals surface area contributed by atoms with Crippen LogP contribution in [0.15, 0.2) is 0 Å². The van der Waals surface area contributed by atoms with Gasteiger partial charge in [-0.2, -0.15) is 0 Å².